The van der Waals surface area contributed by atoms with Crippen LogP contribution in [0.25, 0.3) is 0 Å². The van der Waals surface area contributed by atoms with Crippen LogP contribution in [0.15, 0.2) is 29.3 Å². The van der Waals surface area contributed by atoms with Crippen LogP contribution < -0.4 is 15.0 Å². The van der Waals surface area contributed by atoms with E-state index in [1.54, 1.807) is 31.4 Å². The van der Waals surface area contributed by atoms with Gasteiger partial charge in [0.05, 0.1) is 19.3 Å². The lowest BCUT2D eigenvalue weighted by atomic mass is 10.1. The van der Waals surface area contributed by atoms with Gasteiger partial charge in [-0.05, 0) is 37.4 Å². The van der Waals surface area contributed by atoms with Gasteiger partial charge in [0.25, 0.3) is 5.91 Å². The molecule has 0 aromatic heterocycles. The second-order valence-corrected chi connectivity index (χ2v) is 6.12. The molecular formula is C18H24N4O3S. The number of thiocarbonyl (C=S) groups is 1. The molecule has 0 radical (unpaired) electrons. The number of benzene rings is 1. The standard InChI is InChI=1S/C18H24N4O3S/c1-4-21(5-2)10-9-19-12-15-16(23)20-18(26)22(17(15)24)13-7-6-8-14(11-13)25-3/h6-8,11-12,15H,4-5,9-10H2,1-3H3,(H,20,23,26). The number of amides is 2. The molecule has 0 aliphatic carbocycles. The second kappa shape index (κ2) is 9.40. The molecule has 2 rings (SSSR count). The van der Waals surface area contributed by atoms with Crippen molar-refractivity contribution in [3.8, 4) is 5.75 Å². The van der Waals surface area contributed by atoms with Crippen LogP contribution in [0.3, 0.4) is 0 Å². The first kappa shape index (κ1) is 20.0. The summed E-state index contributed by atoms with van der Waals surface area (Å²) in [5.41, 5.74) is 0.542. The van der Waals surface area contributed by atoms with Crippen molar-refractivity contribution in [2.75, 3.05) is 38.2 Å². The highest BCUT2D eigenvalue weighted by Gasteiger charge is 2.38. The Hall–Kier alpha value is -2.32. The Labute approximate surface area is 159 Å². The summed E-state index contributed by atoms with van der Waals surface area (Å²) in [4.78, 5) is 32.8. The highest BCUT2D eigenvalue weighted by Crippen LogP contribution is 2.24. The van der Waals surface area contributed by atoms with Crippen molar-refractivity contribution in [2.24, 2.45) is 10.9 Å². The number of carbonyl (C=O) groups is 2. The van der Waals surface area contributed by atoms with Gasteiger partial charge in [0.2, 0.25) is 5.91 Å². The van der Waals surface area contributed by atoms with Crippen LogP contribution in [0.4, 0.5) is 5.69 Å². The number of aliphatic imine (C=N–C) groups is 1. The third-order valence-electron chi connectivity index (χ3n) is 4.21. The number of ether oxygens (including phenoxy) is 1. The van der Waals surface area contributed by atoms with E-state index in [9.17, 15) is 9.59 Å². The molecule has 0 bridgehead atoms. The van der Waals surface area contributed by atoms with E-state index in [4.69, 9.17) is 17.0 Å². The SMILES string of the molecule is CCN(CC)CCN=CC1C(=O)NC(=S)N(c2cccc(OC)c2)C1=O. The first-order valence-electron chi connectivity index (χ1n) is 8.56. The lowest BCUT2D eigenvalue weighted by Gasteiger charge is -2.31. The largest absolute Gasteiger partial charge is 0.497 e. The molecule has 1 aromatic carbocycles. The van der Waals surface area contributed by atoms with Crippen LogP contribution in [0.1, 0.15) is 13.8 Å². The molecule has 1 atom stereocenters. The van der Waals surface area contributed by atoms with E-state index in [0.29, 0.717) is 18.0 Å². The van der Waals surface area contributed by atoms with Crippen LogP contribution in [-0.2, 0) is 9.59 Å². The second-order valence-electron chi connectivity index (χ2n) is 5.73. The Kier molecular flexibility index (Phi) is 7.23. The van der Waals surface area contributed by atoms with Crippen molar-refractivity contribution in [3.05, 3.63) is 24.3 Å². The number of carbonyl (C=O) groups excluding carboxylic acids is 2. The first-order chi connectivity index (χ1) is 12.5. The molecular weight excluding hydrogens is 352 g/mol. The molecule has 1 N–H and O–H groups in total. The fourth-order valence-electron chi connectivity index (χ4n) is 2.63. The first-order valence-corrected chi connectivity index (χ1v) is 8.97. The van der Waals surface area contributed by atoms with Gasteiger partial charge < -0.3 is 15.0 Å². The average Bonchev–Trinajstić information content (AvgIpc) is 2.64. The summed E-state index contributed by atoms with van der Waals surface area (Å²) in [5, 5.41) is 2.63. The molecule has 1 fully saturated rings. The van der Waals surface area contributed by atoms with Crippen molar-refractivity contribution in [1.82, 2.24) is 10.2 Å². The highest BCUT2D eigenvalue weighted by molar-refractivity contribution is 7.80. The number of hydrogen-bond donors (Lipinski definition) is 1. The maximum absolute atomic E-state index is 12.8. The number of anilines is 1. The fourth-order valence-corrected chi connectivity index (χ4v) is 2.93. The zero-order chi connectivity index (χ0) is 19.1. The Morgan fingerprint density at radius 1 is 1.35 bits per heavy atom. The van der Waals surface area contributed by atoms with Gasteiger partial charge in [-0.3, -0.25) is 19.5 Å². The normalized spacial score (nSPS) is 17.9. The fraction of sp³-hybridized carbons (Fsp3) is 0.444. The lowest BCUT2D eigenvalue weighted by Crippen LogP contribution is -2.58. The maximum Gasteiger partial charge on any atom is 0.251 e. The summed E-state index contributed by atoms with van der Waals surface area (Å²) >= 11 is 5.18. The van der Waals surface area contributed by atoms with Gasteiger partial charge >= 0.3 is 0 Å². The molecule has 0 saturated carbocycles. The summed E-state index contributed by atoms with van der Waals surface area (Å²) < 4.78 is 5.19. The molecule has 7 nitrogen and oxygen atoms in total. The van der Waals surface area contributed by atoms with Crippen molar-refractivity contribution >= 4 is 41.0 Å². The van der Waals surface area contributed by atoms with E-state index in [2.05, 4.69) is 29.1 Å². The van der Waals surface area contributed by atoms with Crippen molar-refractivity contribution in [3.63, 3.8) is 0 Å². The van der Waals surface area contributed by atoms with Gasteiger partial charge in [0.15, 0.2) is 11.0 Å². The van der Waals surface area contributed by atoms with Gasteiger partial charge in [0.1, 0.15) is 5.75 Å². The van der Waals surface area contributed by atoms with Gasteiger partial charge in [-0.15, -0.1) is 0 Å². The number of hydrogen-bond acceptors (Lipinski definition) is 6. The zero-order valence-corrected chi connectivity index (χ0v) is 16.1. The highest BCUT2D eigenvalue weighted by atomic mass is 32.1. The molecule has 1 saturated heterocycles. The maximum atomic E-state index is 12.8. The molecule has 1 unspecified atom stereocenters. The van der Waals surface area contributed by atoms with E-state index in [1.165, 1.54) is 11.1 Å². The quantitative estimate of drug-likeness (QED) is 0.423. The third-order valence-corrected chi connectivity index (χ3v) is 4.49. The summed E-state index contributed by atoms with van der Waals surface area (Å²) in [6.45, 7) is 7.35. The Morgan fingerprint density at radius 3 is 2.73 bits per heavy atom. The molecule has 1 aliphatic rings. The predicted octanol–water partition coefficient (Wildman–Crippen LogP) is 1.47. The minimum atomic E-state index is -0.996. The van der Waals surface area contributed by atoms with E-state index >= 15 is 0 Å². The number of nitrogens with one attached hydrogen (secondary N) is 1. The number of likely N-dealkylation sites (N-methyl/N-ethyl adjacent to an activating group) is 1. The molecule has 140 valence electrons. The van der Waals surface area contributed by atoms with E-state index in [-0.39, 0.29) is 5.11 Å². The summed E-state index contributed by atoms with van der Waals surface area (Å²) in [7, 11) is 1.54. The molecule has 26 heavy (non-hydrogen) atoms. The third kappa shape index (κ3) is 4.64. The molecule has 2 amide bonds. The van der Waals surface area contributed by atoms with Crippen molar-refractivity contribution in [1.29, 1.82) is 0 Å². The van der Waals surface area contributed by atoms with Gasteiger partial charge in [-0.25, -0.2) is 0 Å². The minimum absolute atomic E-state index is 0.0565. The van der Waals surface area contributed by atoms with Crippen LogP contribution in [0.5, 0.6) is 5.75 Å². The van der Waals surface area contributed by atoms with Crippen LogP contribution in [0, 0.1) is 5.92 Å². The van der Waals surface area contributed by atoms with E-state index in [0.717, 1.165) is 19.6 Å². The molecule has 1 aliphatic heterocycles. The molecule has 1 heterocycles. The van der Waals surface area contributed by atoms with Crippen molar-refractivity contribution in [2.45, 2.75) is 13.8 Å². The number of nitrogens with zero attached hydrogens (tertiary/aromatic N) is 3. The molecule has 0 spiro atoms. The Balaban J connectivity index is 2.13. The van der Waals surface area contributed by atoms with Crippen molar-refractivity contribution < 1.29 is 14.3 Å². The van der Waals surface area contributed by atoms with E-state index in [1.807, 2.05) is 0 Å². The van der Waals surface area contributed by atoms with Crippen LogP contribution in [-0.4, -0.2) is 61.3 Å². The number of rotatable bonds is 8. The van der Waals surface area contributed by atoms with E-state index < -0.39 is 17.7 Å². The predicted molar refractivity (Wildman–Crippen MR) is 106 cm³/mol. The van der Waals surface area contributed by atoms with Crippen LogP contribution >= 0.6 is 12.2 Å². The van der Waals surface area contributed by atoms with Crippen LogP contribution in [0.2, 0.25) is 0 Å². The molecule has 1 aromatic rings. The minimum Gasteiger partial charge on any atom is -0.497 e. The number of methoxy groups -OCH3 is 1. The average molecular weight is 376 g/mol. The summed E-state index contributed by atoms with van der Waals surface area (Å²) in [5.74, 6) is -1.27. The molecule has 8 heteroatoms. The summed E-state index contributed by atoms with van der Waals surface area (Å²) in [6, 6.07) is 6.95. The Morgan fingerprint density at radius 2 is 2.08 bits per heavy atom. The zero-order valence-electron chi connectivity index (χ0n) is 15.3. The van der Waals surface area contributed by atoms with Gasteiger partial charge in [0, 0.05) is 18.8 Å². The topological polar surface area (TPSA) is 74.2 Å². The lowest BCUT2D eigenvalue weighted by molar-refractivity contribution is -0.130. The summed E-state index contributed by atoms with van der Waals surface area (Å²) in [6.07, 6.45) is 1.41. The smallest absolute Gasteiger partial charge is 0.251 e. The van der Waals surface area contributed by atoms with Gasteiger partial charge in [-0.1, -0.05) is 19.9 Å². The Bertz CT molecular complexity index is 703. The van der Waals surface area contributed by atoms with Gasteiger partial charge in [-0.2, -0.15) is 0 Å². The monoisotopic (exact) mass is 376 g/mol.